The Hall–Kier alpha value is -2.87. The van der Waals surface area contributed by atoms with Crippen LogP contribution in [0.1, 0.15) is 35.0 Å². The predicted octanol–water partition coefficient (Wildman–Crippen LogP) is 4.25. The smallest absolute Gasteiger partial charge is 0.253 e. The minimum atomic E-state index is 0.0199. The lowest BCUT2D eigenvalue weighted by molar-refractivity contribution is 0.0698. The summed E-state index contributed by atoms with van der Waals surface area (Å²) >= 11 is 3.43. The van der Waals surface area contributed by atoms with E-state index in [2.05, 4.69) is 26.1 Å². The number of ether oxygens (including phenoxy) is 2. The van der Waals surface area contributed by atoms with Crippen molar-refractivity contribution in [2.24, 2.45) is 0 Å². The Morgan fingerprint density at radius 2 is 2.00 bits per heavy atom. The molecular formula is C21H18BrN3O4. The summed E-state index contributed by atoms with van der Waals surface area (Å²) in [5.74, 6) is 2.42. The first-order valence-corrected chi connectivity index (χ1v) is 10.2. The summed E-state index contributed by atoms with van der Waals surface area (Å²) in [6.07, 6.45) is 1.80. The number of nitrogens with zero attached hydrogens (tertiary/aromatic N) is 3. The van der Waals surface area contributed by atoms with Crippen LogP contribution in [0, 0.1) is 0 Å². The van der Waals surface area contributed by atoms with Crippen molar-refractivity contribution in [3.8, 4) is 23.0 Å². The molecule has 2 aromatic carbocycles. The second-order valence-corrected chi connectivity index (χ2v) is 8.03. The van der Waals surface area contributed by atoms with E-state index < -0.39 is 0 Å². The molecule has 1 aromatic heterocycles. The van der Waals surface area contributed by atoms with Crippen molar-refractivity contribution in [3.05, 3.63) is 58.4 Å². The van der Waals surface area contributed by atoms with Gasteiger partial charge in [0.2, 0.25) is 18.6 Å². The summed E-state index contributed by atoms with van der Waals surface area (Å²) < 4.78 is 17.6. The maximum absolute atomic E-state index is 12.9. The molecular weight excluding hydrogens is 438 g/mol. The van der Waals surface area contributed by atoms with E-state index in [0.717, 1.165) is 29.4 Å². The molecule has 29 heavy (non-hydrogen) atoms. The van der Waals surface area contributed by atoms with Gasteiger partial charge in [0.15, 0.2) is 11.5 Å². The van der Waals surface area contributed by atoms with Gasteiger partial charge >= 0.3 is 0 Å². The van der Waals surface area contributed by atoms with E-state index in [1.54, 1.807) is 0 Å². The van der Waals surface area contributed by atoms with Crippen LogP contribution < -0.4 is 9.47 Å². The molecule has 0 saturated carbocycles. The van der Waals surface area contributed by atoms with E-state index in [9.17, 15) is 4.79 Å². The van der Waals surface area contributed by atoms with Gasteiger partial charge in [-0.05, 0) is 49.2 Å². The minimum Gasteiger partial charge on any atom is -0.454 e. The number of benzene rings is 2. The van der Waals surface area contributed by atoms with Crippen LogP contribution in [0.25, 0.3) is 11.5 Å². The molecule has 0 aliphatic carbocycles. The summed E-state index contributed by atoms with van der Waals surface area (Å²) in [7, 11) is 0. The number of hydrogen-bond acceptors (Lipinski definition) is 6. The molecule has 8 heteroatoms. The lowest BCUT2D eigenvalue weighted by atomic mass is 9.97. The van der Waals surface area contributed by atoms with Gasteiger partial charge in [-0.15, -0.1) is 10.2 Å². The maximum Gasteiger partial charge on any atom is 0.253 e. The van der Waals surface area contributed by atoms with Crippen LogP contribution in [0.15, 0.2) is 51.4 Å². The Balaban J connectivity index is 1.33. The summed E-state index contributed by atoms with van der Waals surface area (Å²) in [5, 5.41) is 8.46. The molecule has 2 aliphatic rings. The standard InChI is InChI=1S/C21H18BrN3O4/c22-16-5-1-3-14(9-16)21(26)25-8-2-4-15(11-25)20-24-23-19(29-20)13-6-7-17-18(10-13)28-12-27-17/h1,3,5-7,9-10,15H,2,4,8,11-12H2. The molecule has 7 nitrogen and oxygen atoms in total. The number of amides is 1. The zero-order chi connectivity index (χ0) is 19.8. The molecule has 1 atom stereocenters. The van der Waals surface area contributed by atoms with Gasteiger partial charge in [-0.1, -0.05) is 22.0 Å². The number of halogens is 1. The lowest BCUT2D eigenvalue weighted by Gasteiger charge is -2.31. The van der Waals surface area contributed by atoms with Crippen molar-refractivity contribution in [2.75, 3.05) is 19.9 Å². The van der Waals surface area contributed by atoms with Gasteiger partial charge in [0.25, 0.3) is 5.91 Å². The number of likely N-dealkylation sites (tertiary alicyclic amines) is 1. The lowest BCUT2D eigenvalue weighted by Crippen LogP contribution is -2.39. The maximum atomic E-state index is 12.9. The number of fused-ring (bicyclic) bond motifs is 1. The first-order chi connectivity index (χ1) is 14.2. The average molecular weight is 456 g/mol. The average Bonchev–Trinajstić information content (AvgIpc) is 3.42. The molecule has 0 radical (unpaired) electrons. The molecule has 148 valence electrons. The Morgan fingerprint density at radius 3 is 2.90 bits per heavy atom. The summed E-state index contributed by atoms with van der Waals surface area (Å²) in [6, 6.07) is 13.0. The van der Waals surface area contributed by atoms with Gasteiger partial charge in [-0.2, -0.15) is 0 Å². The second kappa shape index (κ2) is 7.51. The number of hydrogen-bond donors (Lipinski definition) is 0. The van der Waals surface area contributed by atoms with Crippen LogP contribution in [0.5, 0.6) is 11.5 Å². The largest absolute Gasteiger partial charge is 0.454 e. The van der Waals surface area contributed by atoms with E-state index >= 15 is 0 Å². The molecule has 1 fully saturated rings. The van der Waals surface area contributed by atoms with Crippen molar-refractivity contribution in [1.29, 1.82) is 0 Å². The summed E-state index contributed by atoms with van der Waals surface area (Å²) in [5.41, 5.74) is 1.46. The van der Waals surface area contributed by atoms with Crippen LogP contribution in [0.2, 0.25) is 0 Å². The minimum absolute atomic E-state index is 0.0199. The van der Waals surface area contributed by atoms with Crippen LogP contribution in [-0.2, 0) is 0 Å². The molecule has 0 spiro atoms. The van der Waals surface area contributed by atoms with E-state index in [1.807, 2.05) is 47.4 Å². The third-order valence-corrected chi connectivity index (χ3v) is 5.68. The third kappa shape index (κ3) is 3.60. The van der Waals surface area contributed by atoms with Crippen molar-refractivity contribution < 1.29 is 18.7 Å². The third-order valence-electron chi connectivity index (χ3n) is 5.19. The molecule has 2 aliphatic heterocycles. The van der Waals surface area contributed by atoms with Gasteiger partial charge in [0.05, 0.1) is 5.92 Å². The normalized spacial score (nSPS) is 18.1. The molecule has 0 bridgehead atoms. The fourth-order valence-electron chi connectivity index (χ4n) is 3.71. The fourth-order valence-corrected chi connectivity index (χ4v) is 4.11. The SMILES string of the molecule is O=C(c1cccc(Br)c1)N1CCCC(c2nnc(-c3ccc4c(c3)OCO4)o2)C1. The molecule has 3 heterocycles. The quantitative estimate of drug-likeness (QED) is 0.587. The highest BCUT2D eigenvalue weighted by Crippen LogP contribution is 2.36. The molecule has 3 aromatic rings. The summed E-state index contributed by atoms with van der Waals surface area (Å²) in [4.78, 5) is 14.7. The number of rotatable bonds is 3. The molecule has 5 rings (SSSR count). The highest BCUT2D eigenvalue weighted by atomic mass is 79.9. The van der Waals surface area contributed by atoms with Crippen LogP contribution in [-0.4, -0.2) is 40.9 Å². The van der Waals surface area contributed by atoms with Gasteiger partial charge < -0.3 is 18.8 Å². The number of piperidine rings is 1. The highest BCUT2D eigenvalue weighted by Gasteiger charge is 2.29. The number of aromatic nitrogens is 2. The van der Waals surface area contributed by atoms with Gasteiger partial charge in [-0.25, -0.2) is 0 Å². The fraction of sp³-hybridized carbons (Fsp3) is 0.286. The first kappa shape index (κ1) is 18.2. The molecule has 1 unspecified atom stereocenters. The van der Waals surface area contributed by atoms with Crippen LogP contribution >= 0.6 is 15.9 Å². The molecule has 0 N–H and O–H groups in total. The van der Waals surface area contributed by atoms with Crippen molar-refractivity contribution in [2.45, 2.75) is 18.8 Å². The van der Waals surface area contributed by atoms with E-state index in [-0.39, 0.29) is 18.6 Å². The number of carbonyl (C=O) groups is 1. The molecule has 1 saturated heterocycles. The van der Waals surface area contributed by atoms with Crippen molar-refractivity contribution in [1.82, 2.24) is 15.1 Å². The zero-order valence-electron chi connectivity index (χ0n) is 15.5. The Morgan fingerprint density at radius 1 is 1.10 bits per heavy atom. The van der Waals surface area contributed by atoms with Crippen molar-refractivity contribution >= 4 is 21.8 Å². The second-order valence-electron chi connectivity index (χ2n) is 7.11. The Bertz CT molecular complexity index is 1070. The predicted molar refractivity (Wildman–Crippen MR) is 108 cm³/mol. The topological polar surface area (TPSA) is 77.7 Å². The Kier molecular flexibility index (Phi) is 4.71. The van der Waals surface area contributed by atoms with E-state index in [0.29, 0.717) is 35.4 Å². The van der Waals surface area contributed by atoms with E-state index in [4.69, 9.17) is 13.9 Å². The Labute approximate surface area is 175 Å². The zero-order valence-corrected chi connectivity index (χ0v) is 17.1. The van der Waals surface area contributed by atoms with Gasteiger partial charge in [-0.3, -0.25) is 4.79 Å². The first-order valence-electron chi connectivity index (χ1n) is 9.45. The highest BCUT2D eigenvalue weighted by molar-refractivity contribution is 9.10. The van der Waals surface area contributed by atoms with Gasteiger partial charge in [0.1, 0.15) is 0 Å². The summed E-state index contributed by atoms with van der Waals surface area (Å²) in [6.45, 7) is 1.51. The molecule has 1 amide bonds. The van der Waals surface area contributed by atoms with Crippen LogP contribution in [0.3, 0.4) is 0 Å². The monoisotopic (exact) mass is 455 g/mol. The van der Waals surface area contributed by atoms with Crippen molar-refractivity contribution in [3.63, 3.8) is 0 Å². The number of carbonyl (C=O) groups excluding carboxylic acids is 1. The van der Waals surface area contributed by atoms with E-state index in [1.165, 1.54) is 0 Å². The van der Waals surface area contributed by atoms with Gasteiger partial charge in [0, 0.05) is 28.7 Å². The van der Waals surface area contributed by atoms with Crippen LogP contribution in [0.4, 0.5) is 0 Å².